The average molecular weight is 336 g/mol. The van der Waals surface area contributed by atoms with Crippen LogP contribution < -0.4 is 5.32 Å². The van der Waals surface area contributed by atoms with Crippen molar-refractivity contribution in [1.82, 2.24) is 4.98 Å². The molecule has 0 spiro atoms. The molecule has 0 aliphatic rings. The second-order valence-corrected chi connectivity index (χ2v) is 5.66. The van der Waals surface area contributed by atoms with Gasteiger partial charge in [-0.25, -0.2) is 4.98 Å². The van der Waals surface area contributed by atoms with Crippen molar-refractivity contribution in [3.8, 4) is 0 Å². The van der Waals surface area contributed by atoms with Crippen LogP contribution in [0, 0.1) is 5.92 Å². The minimum absolute atomic E-state index is 0.468. The maximum Gasteiger partial charge on any atom is 0.140 e. The summed E-state index contributed by atoms with van der Waals surface area (Å²) in [6, 6.07) is 2.47. The van der Waals surface area contributed by atoms with E-state index in [9.17, 15) is 0 Å². The molecule has 0 saturated heterocycles. The molecule has 0 amide bonds. The predicted molar refractivity (Wildman–Crippen MR) is 72.2 cm³/mol. The number of aromatic nitrogens is 1. The van der Waals surface area contributed by atoms with Crippen molar-refractivity contribution >= 4 is 37.7 Å². The molecule has 0 radical (unpaired) electrons. The van der Waals surface area contributed by atoms with Crippen molar-refractivity contribution in [2.45, 2.75) is 33.2 Å². The molecular formula is C11H16Br2N2. The van der Waals surface area contributed by atoms with Gasteiger partial charge in [0.05, 0.1) is 4.47 Å². The van der Waals surface area contributed by atoms with Crippen LogP contribution in [0.5, 0.6) is 0 Å². The van der Waals surface area contributed by atoms with Crippen molar-refractivity contribution in [2.75, 3.05) is 5.32 Å². The van der Waals surface area contributed by atoms with Crippen molar-refractivity contribution in [3.63, 3.8) is 0 Å². The normalized spacial score (nSPS) is 12.9. The van der Waals surface area contributed by atoms with Crippen LogP contribution >= 0.6 is 31.9 Å². The van der Waals surface area contributed by atoms with Crippen LogP contribution in [0.15, 0.2) is 21.2 Å². The fourth-order valence-corrected chi connectivity index (χ4v) is 2.54. The minimum atomic E-state index is 0.468. The highest BCUT2D eigenvalue weighted by Crippen LogP contribution is 2.25. The van der Waals surface area contributed by atoms with Crippen molar-refractivity contribution < 1.29 is 0 Å². The third-order valence-electron chi connectivity index (χ3n) is 2.37. The second kappa shape index (κ2) is 5.85. The van der Waals surface area contributed by atoms with Gasteiger partial charge in [0.1, 0.15) is 5.82 Å². The Kier molecular flexibility index (Phi) is 5.06. The summed E-state index contributed by atoms with van der Waals surface area (Å²) in [6.07, 6.45) is 2.90. The number of anilines is 1. The summed E-state index contributed by atoms with van der Waals surface area (Å²) in [6.45, 7) is 6.62. The van der Waals surface area contributed by atoms with Gasteiger partial charge < -0.3 is 5.32 Å². The van der Waals surface area contributed by atoms with E-state index in [0.29, 0.717) is 12.0 Å². The zero-order valence-corrected chi connectivity index (χ0v) is 12.4. The average Bonchev–Trinajstić information content (AvgIpc) is 2.16. The van der Waals surface area contributed by atoms with Crippen LogP contribution in [0.25, 0.3) is 0 Å². The number of nitrogens with one attached hydrogen (secondary N) is 1. The number of hydrogen-bond donors (Lipinski definition) is 1. The van der Waals surface area contributed by atoms with Crippen LogP contribution in [-0.4, -0.2) is 11.0 Å². The molecular weight excluding hydrogens is 320 g/mol. The molecule has 1 N–H and O–H groups in total. The summed E-state index contributed by atoms with van der Waals surface area (Å²) in [5.74, 6) is 1.52. The van der Waals surface area contributed by atoms with Gasteiger partial charge in [-0.3, -0.25) is 0 Å². The third kappa shape index (κ3) is 3.76. The monoisotopic (exact) mass is 334 g/mol. The molecule has 4 heteroatoms. The predicted octanol–water partition coefficient (Wildman–Crippen LogP) is 4.45. The molecule has 1 aromatic heterocycles. The first-order chi connectivity index (χ1) is 7.04. The Labute approximate surface area is 108 Å². The first-order valence-electron chi connectivity index (χ1n) is 5.12. The summed E-state index contributed by atoms with van der Waals surface area (Å²) in [5.41, 5.74) is 0. The Morgan fingerprint density at radius 2 is 2.07 bits per heavy atom. The van der Waals surface area contributed by atoms with Crippen molar-refractivity contribution in [1.29, 1.82) is 0 Å². The Bertz CT molecular complexity index is 326. The van der Waals surface area contributed by atoms with Crippen LogP contribution in [0.3, 0.4) is 0 Å². The van der Waals surface area contributed by atoms with E-state index in [4.69, 9.17) is 0 Å². The van der Waals surface area contributed by atoms with Crippen LogP contribution in [0.1, 0.15) is 27.2 Å². The molecule has 1 aromatic rings. The zero-order valence-electron chi connectivity index (χ0n) is 9.22. The summed E-state index contributed by atoms with van der Waals surface area (Å²) >= 11 is 6.89. The standard InChI is InChI=1S/C11H16Br2N2/c1-4-10(7(2)3)15-11-9(13)5-8(12)6-14-11/h5-7,10H,4H2,1-3H3,(H,14,15). The fourth-order valence-electron chi connectivity index (χ4n) is 1.44. The van der Waals surface area contributed by atoms with Gasteiger partial charge >= 0.3 is 0 Å². The third-order valence-corrected chi connectivity index (χ3v) is 3.41. The largest absolute Gasteiger partial charge is 0.366 e. The van der Waals surface area contributed by atoms with Crippen molar-refractivity contribution in [2.24, 2.45) is 5.92 Å². The van der Waals surface area contributed by atoms with E-state index < -0.39 is 0 Å². The summed E-state index contributed by atoms with van der Waals surface area (Å²) in [7, 11) is 0. The lowest BCUT2D eigenvalue weighted by molar-refractivity contribution is 0.509. The van der Waals surface area contributed by atoms with Gasteiger partial charge in [-0.05, 0) is 50.3 Å². The Hall–Kier alpha value is -0.0900. The quantitative estimate of drug-likeness (QED) is 0.879. The van der Waals surface area contributed by atoms with E-state index >= 15 is 0 Å². The second-order valence-electron chi connectivity index (χ2n) is 3.89. The highest BCUT2D eigenvalue weighted by molar-refractivity contribution is 9.11. The first-order valence-corrected chi connectivity index (χ1v) is 6.70. The first kappa shape index (κ1) is 13.0. The Morgan fingerprint density at radius 1 is 1.40 bits per heavy atom. The smallest absolute Gasteiger partial charge is 0.140 e. The van der Waals surface area contributed by atoms with Gasteiger partial charge in [0.25, 0.3) is 0 Å². The highest BCUT2D eigenvalue weighted by Gasteiger charge is 2.12. The highest BCUT2D eigenvalue weighted by atomic mass is 79.9. The lowest BCUT2D eigenvalue weighted by Gasteiger charge is -2.21. The van der Waals surface area contributed by atoms with E-state index in [1.807, 2.05) is 6.07 Å². The number of nitrogens with zero attached hydrogens (tertiary/aromatic N) is 1. The number of rotatable bonds is 4. The fraction of sp³-hybridized carbons (Fsp3) is 0.545. The van der Waals surface area contributed by atoms with Gasteiger partial charge in [0.2, 0.25) is 0 Å². The van der Waals surface area contributed by atoms with Gasteiger partial charge in [0.15, 0.2) is 0 Å². The molecule has 2 nitrogen and oxygen atoms in total. The molecule has 1 atom stereocenters. The molecule has 1 rings (SSSR count). The van der Waals surface area contributed by atoms with Gasteiger partial charge in [-0.1, -0.05) is 20.8 Å². The summed E-state index contributed by atoms with van der Waals surface area (Å²) in [5, 5.41) is 3.44. The minimum Gasteiger partial charge on any atom is -0.366 e. The molecule has 0 fully saturated rings. The molecule has 0 aromatic carbocycles. The molecule has 84 valence electrons. The van der Waals surface area contributed by atoms with Gasteiger partial charge in [-0.15, -0.1) is 0 Å². The van der Waals surface area contributed by atoms with Gasteiger partial charge in [0, 0.05) is 16.7 Å². The number of hydrogen-bond acceptors (Lipinski definition) is 2. The summed E-state index contributed by atoms with van der Waals surface area (Å²) in [4.78, 5) is 4.34. The van der Waals surface area contributed by atoms with Crippen LogP contribution in [0.4, 0.5) is 5.82 Å². The lowest BCUT2D eigenvalue weighted by Crippen LogP contribution is -2.25. The van der Waals surface area contributed by atoms with E-state index in [-0.39, 0.29) is 0 Å². The number of halogens is 2. The molecule has 0 saturated carbocycles. The topological polar surface area (TPSA) is 24.9 Å². The molecule has 0 bridgehead atoms. The molecule has 0 aliphatic carbocycles. The van der Waals surface area contributed by atoms with Crippen LogP contribution in [-0.2, 0) is 0 Å². The molecule has 15 heavy (non-hydrogen) atoms. The van der Waals surface area contributed by atoms with E-state index in [0.717, 1.165) is 21.2 Å². The van der Waals surface area contributed by atoms with Gasteiger partial charge in [-0.2, -0.15) is 0 Å². The van der Waals surface area contributed by atoms with Crippen molar-refractivity contribution in [3.05, 3.63) is 21.2 Å². The van der Waals surface area contributed by atoms with Crippen LogP contribution in [0.2, 0.25) is 0 Å². The Morgan fingerprint density at radius 3 is 2.53 bits per heavy atom. The molecule has 1 unspecified atom stereocenters. The SMILES string of the molecule is CCC(Nc1ncc(Br)cc1Br)C(C)C. The number of pyridine rings is 1. The molecule has 0 aliphatic heterocycles. The molecule has 1 heterocycles. The Balaban J connectivity index is 2.79. The lowest BCUT2D eigenvalue weighted by atomic mass is 10.0. The zero-order chi connectivity index (χ0) is 11.4. The summed E-state index contributed by atoms with van der Waals surface area (Å²) < 4.78 is 1.98. The van der Waals surface area contributed by atoms with E-state index in [1.165, 1.54) is 0 Å². The maximum atomic E-state index is 4.34. The maximum absolute atomic E-state index is 4.34. The van der Waals surface area contributed by atoms with E-state index in [2.05, 4.69) is 62.9 Å². The van der Waals surface area contributed by atoms with E-state index in [1.54, 1.807) is 6.20 Å².